The van der Waals surface area contributed by atoms with Crippen LogP contribution >= 0.6 is 0 Å². The zero-order chi connectivity index (χ0) is 14.7. The number of carbonyl (C=O) groups excluding carboxylic acids is 2. The molecule has 0 unspecified atom stereocenters. The molecule has 1 saturated heterocycles. The molecule has 0 bridgehead atoms. The van der Waals surface area contributed by atoms with Crippen molar-refractivity contribution < 1.29 is 14.3 Å². The Hall–Kier alpha value is -2.04. The van der Waals surface area contributed by atoms with Crippen molar-refractivity contribution in [3.63, 3.8) is 0 Å². The van der Waals surface area contributed by atoms with Crippen molar-refractivity contribution in [3.05, 3.63) is 23.8 Å². The molecule has 1 heterocycles. The van der Waals surface area contributed by atoms with Gasteiger partial charge in [-0.05, 0) is 37.1 Å². The molecule has 1 amide bonds. The molecule has 0 spiro atoms. The van der Waals surface area contributed by atoms with Crippen LogP contribution in [0.5, 0.6) is 0 Å². The molecule has 1 fully saturated rings. The van der Waals surface area contributed by atoms with Crippen LogP contribution in [-0.2, 0) is 20.7 Å². The Morgan fingerprint density at radius 1 is 1.45 bits per heavy atom. The highest BCUT2D eigenvalue weighted by molar-refractivity contribution is 6.00. The molecule has 0 aromatic heterocycles. The Labute approximate surface area is 118 Å². The van der Waals surface area contributed by atoms with E-state index in [9.17, 15) is 9.59 Å². The van der Waals surface area contributed by atoms with E-state index in [4.69, 9.17) is 10.5 Å². The lowest BCUT2D eigenvalue weighted by Crippen LogP contribution is -2.27. The molecule has 0 saturated carbocycles. The summed E-state index contributed by atoms with van der Waals surface area (Å²) in [5.41, 5.74) is 8.32. The van der Waals surface area contributed by atoms with Crippen LogP contribution in [0.1, 0.15) is 25.8 Å². The summed E-state index contributed by atoms with van der Waals surface area (Å²) in [6.07, 6.45) is 1.00. The summed E-state index contributed by atoms with van der Waals surface area (Å²) in [4.78, 5) is 25.6. The SMILES string of the molecule is CCOC(=O)[C@@H]1CC(=O)N(c2ccc(N)cc2CC)C1. The van der Waals surface area contributed by atoms with E-state index in [1.54, 1.807) is 17.9 Å². The van der Waals surface area contributed by atoms with E-state index in [0.717, 1.165) is 17.7 Å². The van der Waals surface area contributed by atoms with Gasteiger partial charge in [0.25, 0.3) is 0 Å². The fourth-order valence-electron chi connectivity index (χ4n) is 2.51. The average Bonchev–Trinajstić information content (AvgIpc) is 2.81. The lowest BCUT2D eigenvalue weighted by atomic mass is 10.1. The molecular weight excluding hydrogens is 256 g/mol. The molecule has 2 N–H and O–H groups in total. The molecule has 0 aliphatic carbocycles. The number of hydrogen-bond acceptors (Lipinski definition) is 4. The summed E-state index contributed by atoms with van der Waals surface area (Å²) in [5, 5.41) is 0. The predicted molar refractivity (Wildman–Crippen MR) is 77.3 cm³/mol. The number of anilines is 2. The average molecular weight is 276 g/mol. The number of carbonyl (C=O) groups is 2. The quantitative estimate of drug-likeness (QED) is 0.671. The normalized spacial score (nSPS) is 18.4. The highest BCUT2D eigenvalue weighted by Gasteiger charge is 2.36. The van der Waals surface area contributed by atoms with E-state index < -0.39 is 0 Å². The number of nitrogen functional groups attached to an aromatic ring is 1. The standard InChI is InChI=1S/C15H20N2O3/c1-3-10-7-12(16)5-6-13(10)17-9-11(8-14(17)18)15(19)20-4-2/h5-7,11H,3-4,8-9,16H2,1-2H3/t11-/m1/s1. The van der Waals surface area contributed by atoms with Crippen LogP contribution in [-0.4, -0.2) is 25.0 Å². The van der Waals surface area contributed by atoms with Crippen molar-refractivity contribution in [1.82, 2.24) is 0 Å². The number of nitrogens with zero attached hydrogens (tertiary/aromatic N) is 1. The molecule has 1 aliphatic rings. The van der Waals surface area contributed by atoms with E-state index >= 15 is 0 Å². The van der Waals surface area contributed by atoms with Gasteiger partial charge in [-0.15, -0.1) is 0 Å². The monoisotopic (exact) mass is 276 g/mol. The summed E-state index contributed by atoms with van der Waals surface area (Å²) in [7, 11) is 0. The maximum atomic E-state index is 12.1. The smallest absolute Gasteiger partial charge is 0.311 e. The minimum atomic E-state index is -0.371. The number of aryl methyl sites for hydroxylation is 1. The second kappa shape index (κ2) is 5.94. The first-order valence-electron chi connectivity index (χ1n) is 6.92. The number of benzene rings is 1. The van der Waals surface area contributed by atoms with Crippen LogP contribution in [0.15, 0.2) is 18.2 Å². The van der Waals surface area contributed by atoms with E-state index in [0.29, 0.717) is 18.8 Å². The van der Waals surface area contributed by atoms with Gasteiger partial charge in [0, 0.05) is 24.3 Å². The topological polar surface area (TPSA) is 72.6 Å². The molecule has 1 aromatic rings. The molecule has 20 heavy (non-hydrogen) atoms. The van der Waals surface area contributed by atoms with Crippen LogP contribution in [0.4, 0.5) is 11.4 Å². The summed E-state index contributed by atoms with van der Waals surface area (Å²) in [6.45, 7) is 4.50. The number of ether oxygens (including phenoxy) is 1. The minimum absolute atomic E-state index is 0.0393. The van der Waals surface area contributed by atoms with Gasteiger partial charge in [-0.25, -0.2) is 0 Å². The molecule has 1 aliphatic heterocycles. The van der Waals surface area contributed by atoms with E-state index in [2.05, 4.69) is 0 Å². The molecule has 5 nitrogen and oxygen atoms in total. The number of hydrogen-bond donors (Lipinski definition) is 1. The number of rotatable bonds is 4. The molecule has 5 heteroatoms. The molecular formula is C15H20N2O3. The van der Waals surface area contributed by atoms with Crippen LogP contribution in [0.3, 0.4) is 0 Å². The van der Waals surface area contributed by atoms with Crippen molar-refractivity contribution in [2.24, 2.45) is 5.92 Å². The maximum Gasteiger partial charge on any atom is 0.311 e. The first kappa shape index (κ1) is 14.4. The fourth-order valence-corrected chi connectivity index (χ4v) is 2.51. The zero-order valence-corrected chi connectivity index (χ0v) is 11.9. The largest absolute Gasteiger partial charge is 0.466 e. The van der Waals surface area contributed by atoms with Crippen molar-refractivity contribution in [1.29, 1.82) is 0 Å². The van der Waals surface area contributed by atoms with Crippen molar-refractivity contribution in [2.45, 2.75) is 26.7 Å². The molecule has 1 aromatic carbocycles. The third kappa shape index (κ3) is 2.76. The summed E-state index contributed by atoms with van der Waals surface area (Å²) < 4.78 is 5.00. The van der Waals surface area contributed by atoms with Crippen LogP contribution < -0.4 is 10.6 Å². The van der Waals surface area contributed by atoms with Crippen LogP contribution in [0.2, 0.25) is 0 Å². The molecule has 1 atom stereocenters. The molecule has 2 rings (SSSR count). The second-order valence-electron chi connectivity index (χ2n) is 4.90. The number of nitrogens with two attached hydrogens (primary N) is 1. The Morgan fingerprint density at radius 2 is 2.20 bits per heavy atom. The van der Waals surface area contributed by atoms with E-state index in [1.165, 1.54) is 0 Å². The number of amides is 1. The Morgan fingerprint density at radius 3 is 2.85 bits per heavy atom. The van der Waals surface area contributed by atoms with Gasteiger partial charge in [0.1, 0.15) is 0 Å². The Kier molecular flexibility index (Phi) is 4.27. The fraction of sp³-hybridized carbons (Fsp3) is 0.467. The Balaban J connectivity index is 2.22. The third-order valence-electron chi connectivity index (χ3n) is 3.52. The maximum absolute atomic E-state index is 12.1. The van der Waals surface area contributed by atoms with Gasteiger partial charge >= 0.3 is 5.97 Å². The van der Waals surface area contributed by atoms with Gasteiger partial charge in [-0.1, -0.05) is 6.92 Å². The van der Waals surface area contributed by atoms with Crippen LogP contribution in [0, 0.1) is 5.92 Å². The van der Waals surface area contributed by atoms with Gasteiger partial charge in [-0.2, -0.15) is 0 Å². The first-order valence-corrected chi connectivity index (χ1v) is 6.92. The summed E-state index contributed by atoms with van der Waals surface area (Å²) >= 11 is 0. The lowest BCUT2D eigenvalue weighted by molar-refractivity contribution is -0.147. The van der Waals surface area contributed by atoms with Gasteiger partial charge in [0.05, 0.1) is 12.5 Å². The van der Waals surface area contributed by atoms with Gasteiger partial charge in [-0.3, -0.25) is 9.59 Å². The third-order valence-corrected chi connectivity index (χ3v) is 3.52. The van der Waals surface area contributed by atoms with Gasteiger partial charge in [0.15, 0.2) is 0 Å². The summed E-state index contributed by atoms with van der Waals surface area (Å²) in [6, 6.07) is 5.50. The van der Waals surface area contributed by atoms with Crippen molar-refractivity contribution >= 4 is 23.3 Å². The zero-order valence-electron chi connectivity index (χ0n) is 11.9. The van der Waals surface area contributed by atoms with Crippen molar-refractivity contribution in [3.8, 4) is 0 Å². The Bertz CT molecular complexity index is 528. The lowest BCUT2D eigenvalue weighted by Gasteiger charge is -2.20. The summed E-state index contributed by atoms with van der Waals surface area (Å²) in [5.74, 6) is -0.705. The first-order chi connectivity index (χ1) is 9.56. The van der Waals surface area contributed by atoms with Crippen LogP contribution in [0.25, 0.3) is 0 Å². The second-order valence-corrected chi connectivity index (χ2v) is 4.90. The molecule has 0 radical (unpaired) electrons. The van der Waals surface area contributed by atoms with E-state index in [1.807, 2.05) is 19.1 Å². The molecule has 108 valence electrons. The van der Waals surface area contributed by atoms with E-state index in [-0.39, 0.29) is 24.2 Å². The highest BCUT2D eigenvalue weighted by atomic mass is 16.5. The predicted octanol–water partition coefficient (Wildman–Crippen LogP) is 1.75. The minimum Gasteiger partial charge on any atom is -0.466 e. The number of esters is 1. The van der Waals surface area contributed by atoms with Gasteiger partial charge in [0.2, 0.25) is 5.91 Å². The van der Waals surface area contributed by atoms with Crippen molar-refractivity contribution in [2.75, 3.05) is 23.8 Å². The highest BCUT2D eigenvalue weighted by Crippen LogP contribution is 2.30. The van der Waals surface area contributed by atoms with Gasteiger partial charge < -0.3 is 15.4 Å².